The molecule has 5 heteroatoms. The van der Waals surface area contributed by atoms with Gasteiger partial charge in [-0.1, -0.05) is 60.1 Å². The van der Waals surface area contributed by atoms with Crippen molar-refractivity contribution in [3.63, 3.8) is 0 Å². The third-order valence-corrected chi connectivity index (χ3v) is 4.27. The minimum Gasteiger partial charge on any atom is -0.319 e. The topological polar surface area (TPSA) is 32.8 Å². The second kappa shape index (κ2) is 6.49. The number of amides is 1. The summed E-state index contributed by atoms with van der Waals surface area (Å²) in [6, 6.07) is 26.5. The van der Waals surface area contributed by atoms with Crippen molar-refractivity contribution >= 4 is 29.1 Å². The Labute approximate surface area is 150 Å². The molecule has 4 rings (SSSR count). The lowest BCUT2D eigenvalue weighted by atomic mass is 10.1. The summed E-state index contributed by atoms with van der Waals surface area (Å²) in [4.78, 5) is 19.9. The van der Waals surface area contributed by atoms with E-state index in [0.29, 0.717) is 5.02 Å². The van der Waals surface area contributed by atoms with Crippen LogP contribution in [-0.2, 0) is 4.84 Å². The first-order chi connectivity index (χ1) is 12.2. The minimum absolute atomic E-state index is 0.431. The zero-order chi connectivity index (χ0) is 17.2. The highest BCUT2D eigenvalue weighted by atomic mass is 35.5. The number of carbonyl (C=O) groups excluding carboxylic acids is 1. The molecule has 1 amide bonds. The minimum atomic E-state index is -0.448. The second-order valence-electron chi connectivity index (χ2n) is 5.65. The number of hydrogen-bond acceptors (Lipinski definition) is 3. The maximum atomic E-state index is 12.7. The van der Waals surface area contributed by atoms with E-state index in [1.807, 2.05) is 84.9 Å². The average Bonchev–Trinajstić information content (AvgIpc) is 3.00. The van der Waals surface area contributed by atoms with Gasteiger partial charge in [0, 0.05) is 16.3 Å². The van der Waals surface area contributed by atoms with Crippen molar-refractivity contribution < 1.29 is 9.63 Å². The van der Waals surface area contributed by atoms with E-state index in [2.05, 4.69) is 0 Å². The lowest BCUT2D eigenvalue weighted by Crippen LogP contribution is -2.31. The fourth-order valence-electron chi connectivity index (χ4n) is 2.94. The smallest absolute Gasteiger partial charge is 0.319 e. The van der Waals surface area contributed by atoms with Crippen LogP contribution in [0.25, 0.3) is 0 Å². The van der Waals surface area contributed by atoms with E-state index < -0.39 is 12.3 Å². The number of nitrogens with zero attached hydrogens (tertiary/aromatic N) is 2. The van der Waals surface area contributed by atoms with Crippen LogP contribution in [0.3, 0.4) is 0 Å². The van der Waals surface area contributed by atoms with Crippen LogP contribution in [0.2, 0.25) is 5.02 Å². The molecular weight excluding hydrogens is 336 g/mol. The van der Waals surface area contributed by atoms with Gasteiger partial charge in [0.15, 0.2) is 6.17 Å². The van der Waals surface area contributed by atoms with Crippen molar-refractivity contribution in [2.45, 2.75) is 6.17 Å². The summed E-state index contributed by atoms with van der Waals surface area (Å²) >= 11 is 6.18. The molecule has 1 fully saturated rings. The lowest BCUT2D eigenvalue weighted by molar-refractivity contribution is 0.164. The van der Waals surface area contributed by atoms with E-state index in [1.54, 1.807) is 9.96 Å². The van der Waals surface area contributed by atoms with Gasteiger partial charge in [-0.05, 0) is 36.4 Å². The molecule has 1 unspecified atom stereocenters. The molecule has 0 saturated carbocycles. The normalized spacial score (nSPS) is 16.8. The number of para-hydroxylation sites is 2. The summed E-state index contributed by atoms with van der Waals surface area (Å²) in [5.74, 6) is 0. The highest BCUT2D eigenvalue weighted by molar-refractivity contribution is 6.30. The SMILES string of the molecule is O=C1ON(c2ccccc2)C(c2cccc(Cl)c2)N1c1ccccc1. The van der Waals surface area contributed by atoms with Gasteiger partial charge < -0.3 is 4.84 Å². The maximum Gasteiger partial charge on any atom is 0.440 e. The molecule has 25 heavy (non-hydrogen) atoms. The van der Waals surface area contributed by atoms with Crippen molar-refractivity contribution in [2.75, 3.05) is 9.96 Å². The fourth-order valence-corrected chi connectivity index (χ4v) is 3.14. The Hall–Kier alpha value is -2.98. The van der Waals surface area contributed by atoms with E-state index in [0.717, 1.165) is 16.9 Å². The molecule has 1 aliphatic rings. The third kappa shape index (κ3) is 2.92. The van der Waals surface area contributed by atoms with Gasteiger partial charge in [0.2, 0.25) is 0 Å². The molecule has 0 spiro atoms. The fraction of sp³-hybridized carbons (Fsp3) is 0.0500. The summed E-state index contributed by atoms with van der Waals surface area (Å²) in [6.07, 6.45) is -0.879. The van der Waals surface area contributed by atoms with Gasteiger partial charge in [-0.15, -0.1) is 0 Å². The summed E-state index contributed by atoms with van der Waals surface area (Å²) in [5.41, 5.74) is 2.42. The Balaban J connectivity index is 1.84. The lowest BCUT2D eigenvalue weighted by Gasteiger charge is -2.27. The molecule has 1 heterocycles. The summed E-state index contributed by atoms with van der Waals surface area (Å²) in [5, 5.41) is 2.22. The number of hydroxylamine groups is 1. The standard InChI is InChI=1S/C20H15ClN2O2/c21-16-9-7-8-15(14-16)19-22(17-10-3-1-4-11-17)20(24)25-23(19)18-12-5-2-6-13-18/h1-14,19H. The summed E-state index contributed by atoms with van der Waals surface area (Å²) < 4.78 is 0. The van der Waals surface area contributed by atoms with Crippen LogP contribution in [0.5, 0.6) is 0 Å². The van der Waals surface area contributed by atoms with Gasteiger partial charge in [-0.2, -0.15) is 5.06 Å². The van der Waals surface area contributed by atoms with Crippen LogP contribution in [0.15, 0.2) is 84.9 Å². The van der Waals surface area contributed by atoms with E-state index >= 15 is 0 Å². The van der Waals surface area contributed by atoms with Crippen LogP contribution in [0.1, 0.15) is 11.7 Å². The third-order valence-electron chi connectivity index (χ3n) is 4.03. The maximum absolute atomic E-state index is 12.7. The highest BCUT2D eigenvalue weighted by Crippen LogP contribution is 2.39. The van der Waals surface area contributed by atoms with E-state index in [4.69, 9.17) is 16.4 Å². The predicted octanol–water partition coefficient (Wildman–Crippen LogP) is 5.42. The predicted molar refractivity (Wildman–Crippen MR) is 98.5 cm³/mol. The molecule has 124 valence electrons. The number of carbonyl (C=O) groups is 1. The molecule has 0 aromatic heterocycles. The van der Waals surface area contributed by atoms with E-state index in [1.165, 1.54) is 0 Å². The molecule has 4 nitrogen and oxygen atoms in total. The first-order valence-corrected chi connectivity index (χ1v) is 8.28. The zero-order valence-electron chi connectivity index (χ0n) is 13.2. The second-order valence-corrected chi connectivity index (χ2v) is 6.09. The van der Waals surface area contributed by atoms with Crippen molar-refractivity contribution in [1.29, 1.82) is 0 Å². The quantitative estimate of drug-likeness (QED) is 0.632. The first kappa shape index (κ1) is 15.5. The Morgan fingerprint density at radius 3 is 2.08 bits per heavy atom. The van der Waals surface area contributed by atoms with Gasteiger partial charge >= 0.3 is 6.09 Å². The highest BCUT2D eigenvalue weighted by Gasteiger charge is 2.42. The van der Waals surface area contributed by atoms with Gasteiger partial charge in [0.25, 0.3) is 0 Å². The molecule has 3 aromatic carbocycles. The number of rotatable bonds is 3. The molecule has 1 saturated heterocycles. The van der Waals surface area contributed by atoms with E-state index in [9.17, 15) is 4.79 Å². The van der Waals surface area contributed by atoms with E-state index in [-0.39, 0.29) is 0 Å². The van der Waals surface area contributed by atoms with Gasteiger partial charge in [0.1, 0.15) is 0 Å². The molecule has 0 bridgehead atoms. The average molecular weight is 351 g/mol. The van der Waals surface area contributed by atoms with Gasteiger partial charge in [-0.3, -0.25) is 0 Å². The van der Waals surface area contributed by atoms with Crippen LogP contribution in [0.4, 0.5) is 16.2 Å². The molecule has 0 radical (unpaired) electrons. The monoisotopic (exact) mass is 350 g/mol. The molecule has 0 aliphatic carbocycles. The number of hydrogen-bond donors (Lipinski definition) is 0. The zero-order valence-corrected chi connectivity index (χ0v) is 14.0. The molecule has 1 atom stereocenters. The molecule has 3 aromatic rings. The first-order valence-electron chi connectivity index (χ1n) is 7.90. The summed E-state index contributed by atoms with van der Waals surface area (Å²) in [6.45, 7) is 0. The van der Waals surface area contributed by atoms with Crippen LogP contribution in [-0.4, -0.2) is 6.09 Å². The number of benzene rings is 3. The molecule has 0 N–H and O–H groups in total. The number of halogens is 1. The van der Waals surface area contributed by atoms with Gasteiger partial charge in [0.05, 0.1) is 5.69 Å². The van der Waals surface area contributed by atoms with Crippen LogP contribution in [0, 0.1) is 0 Å². The number of anilines is 2. The Morgan fingerprint density at radius 1 is 0.800 bits per heavy atom. The Bertz CT molecular complexity index is 886. The summed E-state index contributed by atoms with van der Waals surface area (Å²) in [7, 11) is 0. The van der Waals surface area contributed by atoms with Crippen molar-refractivity contribution in [2.24, 2.45) is 0 Å². The Morgan fingerprint density at radius 2 is 1.44 bits per heavy atom. The van der Waals surface area contributed by atoms with Crippen LogP contribution < -0.4 is 9.96 Å². The van der Waals surface area contributed by atoms with Gasteiger partial charge in [-0.25, -0.2) is 9.69 Å². The molecular formula is C20H15ClN2O2. The van der Waals surface area contributed by atoms with Crippen molar-refractivity contribution in [3.8, 4) is 0 Å². The van der Waals surface area contributed by atoms with Crippen LogP contribution >= 0.6 is 11.6 Å². The Kier molecular flexibility index (Phi) is 4.04. The van der Waals surface area contributed by atoms with Crippen molar-refractivity contribution in [3.05, 3.63) is 95.5 Å². The largest absolute Gasteiger partial charge is 0.440 e. The van der Waals surface area contributed by atoms with Crippen molar-refractivity contribution in [1.82, 2.24) is 0 Å². The molecule has 1 aliphatic heterocycles.